The Kier molecular flexibility index (Phi) is 6.43. The monoisotopic (exact) mass is 432 g/mol. The number of rotatable bonds is 4. The molecule has 1 aliphatic heterocycles. The summed E-state index contributed by atoms with van der Waals surface area (Å²) in [6, 6.07) is 10.8. The number of carbonyl (C=O) groups is 3. The van der Waals surface area contributed by atoms with E-state index in [0.717, 1.165) is 18.2 Å². The lowest BCUT2D eigenvalue weighted by atomic mass is 10.1. The van der Waals surface area contributed by atoms with Gasteiger partial charge in [0.05, 0.1) is 16.9 Å². The summed E-state index contributed by atoms with van der Waals surface area (Å²) < 4.78 is 43.2. The Hall–Kier alpha value is -3.62. The third-order valence-corrected chi connectivity index (χ3v) is 4.59. The summed E-state index contributed by atoms with van der Waals surface area (Å²) >= 11 is 0. The maximum Gasteiger partial charge on any atom is 0.416 e. The third kappa shape index (κ3) is 5.50. The number of nitrogens with zero attached hydrogens (tertiary/aromatic N) is 1. The molecule has 9 heteroatoms. The van der Waals surface area contributed by atoms with E-state index < -0.39 is 36.3 Å². The molecule has 2 amide bonds. The number of para-hydroxylation sites is 2. The van der Waals surface area contributed by atoms with Gasteiger partial charge < -0.3 is 15.0 Å². The van der Waals surface area contributed by atoms with Crippen LogP contribution in [-0.2, 0) is 25.3 Å². The maximum atomic E-state index is 12.8. The molecular formula is C22H19F3N2O4. The first-order valence-electron chi connectivity index (χ1n) is 9.38. The summed E-state index contributed by atoms with van der Waals surface area (Å²) in [4.78, 5) is 38.1. The minimum Gasteiger partial charge on any atom is -0.452 e. The van der Waals surface area contributed by atoms with Gasteiger partial charge in [0, 0.05) is 18.5 Å². The number of amides is 2. The molecule has 0 saturated carbocycles. The van der Waals surface area contributed by atoms with E-state index in [9.17, 15) is 27.6 Å². The molecule has 6 nitrogen and oxygen atoms in total. The van der Waals surface area contributed by atoms with E-state index in [1.54, 1.807) is 31.2 Å². The van der Waals surface area contributed by atoms with Gasteiger partial charge in [0.2, 0.25) is 5.91 Å². The van der Waals surface area contributed by atoms with Gasteiger partial charge in [-0.3, -0.25) is 9.59 Å². The van der Waals surface area contributed by atoms with Crippen LogP contribution in [0.4, 0.5) is 24.5 Å². The smallest absolute Gasteiger partial charge is 0.416 e. The summed E-state index contributed by atoms with van der Waals surface area (Å²) in [6.45, 7) is 1.12. The second kappa shape index (κ2) is 9.03. The van der Waals surface area contributed by atoms with Crippen LogP contribution in [0.3, 0.4) is 0 Å². The molecule has 0 bridgehead atoms. The topological polar surface area (TPSA) is 75.7 Å². The van der Waals surface area contributed by atoms with Crippen molar-refractivity contribution in [2.24, 2.45) is 0 Å². The summed E-state index contributed by atoms with van der Waals surface area (Å²) in [5.74, 6) is -1.65. The maximum absolute atomic E-state index is 12.8. The number of anilines is 2. The molecule has 1 N–H and O–H groups in total. The van der Waals surface area contributed by atoms with Crippen molar-refractivity contribution in [3.8, 4) is 0 Å². The highest BCUT2D eigenvalue weighted by molar-refractivity contribution is 6.05. The molecule has 162 valence electrons. The minimum absolute atomic E-state index is 0.0732. The highest BCUT2D eigenvalue weighted by Crippen LogP contribution is 2.31. The van der Waals surface area contributed by atoms with E-state index in [4.69, 9.17) is 4.74 Å². The Morgan fingerprint density at radius 1 is 1.19 bits per heavy atom. The fraction of sp³-hybridized carbons (Fsp3) is 0.227. The van der Waals surface area contributed by atoms with Crippen molar-refractivity contribution < 1.29 is 32.3 Å². The molecule has 2 aromatic rings. The van der Waals surface area contributed by atoms with Crippen LogP contribution in [0.5, 0.6) is 0 Å². The number of alkyl halides is 3. The lowest BCUT2D eigenvalue weighted by Crippen LogP contribution is -2.41. The van der Waals surface area contributed by atoms with Gasteiger partial charge in [-0.15, -0.1) is 0 Å². The van der Waals surface area contributed by atoms with Crippen molar-refractivity contribution in [2.75, 3.05) is 16.8 Å². The summed E-state index contributed by atoms with van der Waals surface area (Å²) in [5.41, 5.74) is 0.287. The van der Waals surface area contributed by atoms with E-state index in [0.29, 0.717) is 11.4 Å². The number of halogens is 3. The minimum atomic E-state index is -4.49. The number of benzene rings is 2. The number of hydrogen-bond acceptors (Lipinski definition) is 4. The molecule has 1 unspecified atom stereocenters. The normalized spacial score (nSPS) is 16.5. The van der Waals surface area contributed by atoms with Crippen molar-refractivity contribution in [3.63, 3.8) is 0 Å². The molecule has 0 aliphatic carbocycles. The average molecular weight is 432 g/mol. The van der Waals surface area contributed by atoms with Crippen LogP contribution in [0.25, 0.3) is 6.08 Å². The highest BCUT2D eigenvalue weighted by Gasteiger charge is 2.31. The second-order valence-electron chi connectivity index (χ2n) is 6.95. The fourth-order valence-corrected chi connectivity index (χ4v) is 3.20. The first-order valence-corrected chi connectivity index (χ1v) is 9.38. The van der Waals surface area contributed by atoms with Crippen LogP contribution in [-0.4, -0.2) is 30.4 Å². The molecule has 2 aromatic carbocycles. The number of hydrogen-bond donors (Lipinski definition) is 1. The van der Waals surface area contributed by atoms with Gasteiger partial charge in [0.1, 0.15) is 0 Å². The Labute approximate surface area is 176 Å². The SMILES string of the molecule is CC1CC(=O)Nc2ccccc2N1C(=O)COC(=O)/C=C/c1cccc(C(F)(F)F)c1. The summed E-state index contributed by atoms with van der Waals surface area (Å²) in [7, 11) is 0. The zero-order chi connectivity index (χ0) is 22.6. The number of fused-ring (bicyclic) bond motifs is 1. The Morgan fingerprint density at radius 3 is 2.68 bits per heavy atom. The molecular weight excluding hydrogens is 413 g/mol. The van der Waals surface area contributed by atoms with E-state index >= 15 is 0 Å². The number of carbonyl (C=O) groups excluding carboxylic acids is 3. The average Bonchev–Trinajstić information content (AvgIpc) is 2.84. The van der Waals surface area contributed by atoms with Gasteiger partial charge in [-0.25, -0.2) is 4.79 Å². The molecule has 0 radical (unpaired) electrons. The van der Waals surface area contributed by atoms with Crippen molar-refractivity contribution in [1.82, 2.24) is 0 Å². The molecule has 31 heavy (non-hydrogen) atoms. The van der Waals surface area contributed by atoms with Crippen molar-refractivity contribution in [1.29, 1.82) is 0 Å². The zero-order valence-electron chi connectivity index (χ0n) is 16.5. The molecule has 1 heterocycles. The van der Waals surface area contributed by atoms with E-state index in [1.807, 2.05) is 0 Å². The number of nitrogens with one attached hydrogen (secondary N) is 1. The standard InChI is InChI=1S/C22H19F3N2O4/c1-14-11-19(28)26-17-7-2-3-8-18(17)27(14)20(29)13-31-21(30)10-9-15-5-4-6-16(12-15)22(23,24)25/h2-10,12,14H,11,13H2,1H3,(H,26,28)/b10-9+. The molecule has 0 fully saturated rings. The van der Waals surface area contributed by atoms with E-state index in [2.05, 4.69) is 5.32 Å². The Bertz CT molecular complexity index is 1030. The predicted molar refractivity (Wildman–Crippen MR) is 108 cm³/mol. The van der Waals surface area contributed by atoms with Crippen LogP contribution < -0.4 is 10.2 Å². The van der Waals surface area contributed by atoms with Crippen LogP contribution in [0.15, 0.2) is 54.6 Å². The molecule has 1 aliphatic rings. The Morgan fingerprint density at radius 2 is 1.94 bits per heavy atom. The third-order valence-electron chi connectivity index (χ3n) is 4.59. The lowest BCUT2D eigenvalue weighted by molar-refractivity contribution is -0.143. The van der Waals surface area contributed by atoms with Crippen LogP contribution in [0.2, 0.25) is 0 Å². The zero-order valence-corrected chi connectivity index (χ0v) is 16.5. The second-order valence-corrected chi connectivity index (χ2v) is 6.95. The summed E-state index contributed by atoms with van der Waals surface area (Å²) in [6.07, 6.45) is -2.29. The molecule has 0 saturated heterocycles. The van der Waals surface area contributed by atoms with Gasteiger partial charge in [-0.1, -0.05) is 24.3 Å². The quantitative estimate of drug-likeness (QED) is 0.585. The van der Waals surface area contributed by atoms with Crippen molar-refractivity contribution in [2.45, 2.75) is 25.6 Å². The van der Waals surface area contributed by atoms with Gasteiger partial charge >= 0.3 is 12.1 Å². The molecule has 0 aromatic heterocycles. The molecule has 3 rings (SSSR count). The predicted octanol–water partition coefficient (Wildman–Crippen LogP) is 4.03. The largest absolute Gasteiger partial charge is 0.452 e. The molecule has 0 spiro atoms. The lowest BCUT2D eigenvalue weighted by Gasteiger charge is -2.27. The van der Waals surface area contributed by atoms with Crippen LogP contribution in [0.1, 0.15) is 24.5 Å². The van der Waals surface area contributed by atoms with E-state index in [-0.39, 0.29) is 17.9 Å². The highest BCUT2D eigenvalue weighted by atomic mass is 19.4. The van der Waals surface area contributed by atoms with Crippen molar-refractivity contribution in [3.05, 3.63) is 65.7 Å². The Balaban J connectivity index is 1.66. The van der Waals surface area contributed by atoms with Gasteiger partial charge in [-0.05, 0) is 42.8 Å². The van der Waals surface area contributed by atoms with Crippen LogP contribution in [0, 0.1) is 0 Å². The number of ether oxygens (including phenoxy) is 1. The van der Waals surface area contributed by atoms with E-state index in [1.165, 1.54) is 23.1 Å². The van der Waals surface area contributed by atoms with Gasteiger partial charge in [0.25, 0.3) is 5.91 Å². The number of esters is 1. The van der Waals surface area contributed by atoms with Gasteiger partial charge in [-0.2, -0.15) is 13.2 Å². The van der Waals surface area contributed by atoms with Gasteiger partial charge in [0.15, 0.2) is 6.61 Å². The molecule has 1 atom stereocenters. The van der Waals surface area contributed by atoms with Crippen molar-refractivity contribution >= 4 is 35.2 Å². The summed E-state index contributed by atoms with van der Waals surface area (Å²) in [5, 5.41) is 2.72. The first kappa shape index (κ1) is 22.1. The van der Waals surface area contributed by atoms with Crippen LogP contribution >= 0.6 is 0 Å². The fourth-order valence-electron chi connectivity index (χ4n) is 3.20. The first-order chi connectivity index (χ1) is 14.6.